The van der Waals surface area contributed by atoms with Crippen molar-refractivity contribution in [2.45, 2.75) is 30.7 Å². The van der Waals surface area contributed by atoms with E-state index in [-0.39, 0.29) is 6.61 Å². The van der Waals surface area contributed by atoms with Crippen molar-refractivity contribution in [3.05, 3.63) is 12.0 Å². The fraction of sp³-hybridized carbons (Fsp3) is 0.636. The first-order chi connectivity index (χ1) is 11.4. The topological polar surface area (TPSA) is 154 Å². The van der Waals surface area contributed by atoms with Crippen molar-refractivity contribution in [2.24, 2.45) is 10.7 Å². The SMILES string of the molecule is CON1C=Nc2c(ncn2[C@@H]2O[C@@H]3COP(=O)(O)O[C@H]3[C@H]2O)C1N. The Bertz CT molecular complexity index is 726. The van der Waals surface area contributed by atoms with Gasteiger partial charge >= 0.3 is 7.82 Å². The summed E-state index contributed by atoms with van der Waals surface area (Å²) in [6.07, 6.45) is -1.64. The lowest BCUT2D eigenvalue weighted by molar-refractivity contribution is -0.0945. The predicted molar refractivity (Wildman–Crippen MR) is 76.7 cm³/mol. The zero-order valence-electron chi connectivity index (χ0n) is 12.5. The Morgan fingerprint density at radius 2 is 2.33 bits per heavy atom. The predicted octanol–water partition coefficient (Wildman–Crippen LogP) is -0.849. The summed E-state index contributed by atoms with van der Waals surface area (Å²) in [7, 11) is -2.73. The number of hydroxylamine groups is 2. The van der Waals surface area contributed by atoms with Crippen LogP contribution in [0.25, 0.3) is 0 Å². The molecule has 1 aromatic rings. The number of fused-ring (bicyclic) bond motifs is 2. The van der Waals surface area contributed by atoms with Gasteiger partial charge in [-0.05, 0) is 0 Å². The summed E-state index contributed by atoms with van der Waals surface area (Å²) in [4.78, 5) is 22.9. The Labute approximate surface area is 136 Å². The molecule has 13 heteroatoms. The highest BCUT2D eigenvalue weighted by Crippen LogP contribution is 2.52. The molecule has 12 nitrogen and oxygen atoms in total. The first-order valence-corrected chi connectivity index (χ1v) is 8.59. The molecule has 4 rings (SSSR count). The number of aliphatic imine (C=N–C) groups is 1. The van der Waals surface area contributed by atoms with Crippen molar-refractivity contribution >= 4 is 20.0 Å². The molecule has 0 radical (unpaired) electrons. The van der Waals surface area contributed by atoms with Crippen molar-refractivity contribution in [3.8, 4) is 0 Å². The smallest absolute Gasteiger partial charge is 0.386 e. The van der Waals surface area contributed by atoms with E-state index in [1.54, 1.807) is 0 Å². The molecule has 0 aliphatic carbocycles. The number of aliphatic hydroxyl groups excluding tert-OH is 1. The third kappa shape index (κ3) is 2.39. The largest absolute Gasteiger partial charge is 0.472 e. The highest BCUT2D eigenvalue weighted by Gasteiger charge is 2.53. The van der Waals surface area contributed by atoms with Gasteiger partial charge in [-0.15, -0.1) is 0 Å². The second kappa shape index (κ2) is 5.58. The average molecular weight is 361 g/mol. The van der Waals surface area contributed by atoms with E-state index < -0.39 is 38.5 Å². The van der Waals surface area contributed by atoms with E-state index >= 15 is 0 Å². The van der Waals surface area contributed by atoms with Crippen molar-refractivity contribution in [1.82, 2.24) is 14.6 Å². The van der Waals surface area contributed by atoms with Crippen molar-refractivity contribution in [2.75, 3.05) is 13.7 Å². The Kier molecular flexibility index (Phi) is 3.74. The minimum atomic E-state index is -4.18. The normalized spacial score (nSPS) is 41.3. The quantitative estimate of drug-likeness (QED) is 0.568. The van der Waals surface area contributed by atoms with Gasteiger partial charge in [0.1, 0.15) is 30.3 Å². The van der Waals surface area contributed by atoms with Crippen LogP contribution in [0.5, 0.6) is 0 Å². The molecule has 0 saturated carbocycles. The van der Waals surface area contributed by atoms with Gasteiger partial charge in [0.25, 0.3) is 0 Å². The third-order valence-electron chi connectivity index (χ3n) is 4.09. The Balaban J connectivity index is 1.63. The highest BCUT2D eigenvalue weighted by molar-refractivity contribution is 7.47. The molecule has 2 fully saturated rings. The lowest BCUT2D eigenvalue weighted by atomic mass is 10.1. The summed E-state index contributed by atoms with van der Waals surface area (Å²) in [5.41, 5.74) is 6.46. The molecule has 2 saturated heterocycles. The highest BCUT2D eigenvalue weighted by atomic mass is 31.2. The van der Waals surface area contributed by atoms with Crippen LogP contribution in [0, 0.1) is 0 Å². The number of phosphoric acid groups is 1. The molecular formula is C11H16N5O7P. The Morgan fingerprint density at radius 1 is 1.54 bits per heavy atom. The van der Waals surface area contributed by atoms with E-state index in [9.17, 15) is 14.6 Å². The minimum Gasteiger partial charge on any atom is -0.386 e. The van der Waals surface area contributed by atoms with Gasteiger partial charge in [0.05, 0.1) is 20.0 Å². The summed E-state index contributed by atoms with van der Waals surface area (Å²) in [5, 5.41) is 11.8. The summed E-state index contributed by atoms with van der Waals surface area (Å²) in [5.74, 6) is 0.395. The van der Waals surface area contributed by atoms with Gasteiger partial charge in [-0.1, -0.05) is 0 Å². The number of phosphoric ester groups is 1. The van der Waals surface area contributed by atoms with E-state index in [1.165, 1.54) is 29.4 Å². The Morgan fingerprint density at radius 3 is 3.08 bits per heavy atom. The molecule has 3 aliphatic rings. The molecule has 0 spiro atoms. The maximum atomic E-state index is 11.5. The Hall–Kier alpha value is -1.37. The number of hydrogen-bond donors (Lipinski definition) is 3. The average Bonchev–Trinajstić information content (AvgIpc) is 3.09. The second-order valence-corrected chi connectivity index (χ2v) is 6.89. The van der Waals surface area contributed by atoms with Gasteiger partial charge in [-0.3, -0.25) is 18.5 Å². The maximum absolute atomic E-state index is 11.5. The molecule has 0 amide bonds. The van der Waals surface area contributed by atoms with Crippen LogP contribution in [0.4, 0.5) is 5.82 Å². The van der Waals surface area contributed by atoms with Gasteiger partial charge in [0.15, 0.2) is 18.2 Å². The third-order valence-corrected chi connectivity index (χ3v) is 5.08. The van der Waals surface area contributed by atoms with E-state index in [4.69, 9.17) is 24.4 Å². The number of rotatable bonds is 2. The zero-order chi connectivity index (χ0) is 17.1. The van der Waals surface area contributed by atoms with Crippen LogP contribution in [-0.2, 0) is 23.2 Å². The van der Waals surface area contributed by atoms with Crippen LogP contribution in [0.15, 0.2) is 11.3 Å². The van der Waals surface area contributed by atoms with E-state index in [1.807, 2.05) is 0 Å². The standard InChI is InChI=1S/C11H16N5O7P/c1-20-16-4-14-10-6(9(16)12)13-3-15(10)11-7(17)8-5(22-11)2-21-24(18,19)23-8/h3-5,7-9,11,17H,2,12H2,1H3,(H,18,19)/t5-,7-,8-,9?,11-/m1/s1. The van der Waals surface area contributed by atoms with E-state index in [0.29, 0.717) is 11.5 Å². The first-order valence-electron chi connectivity index (χ1n) is 7.09. The summed E-state index contributed by atoms with van der Waals surface area (Å²) >= 11 is 0. The molecule has 2 unspecified atom stereocenters. The lowest BCUT2D eigenvalue weighted by Gasteiger charge is -2.28. The molecule has 6 atom stereocenters. The lowest BCUT2D eigenvalue weighted by Crippen LogP contribution is -2.39. The number of hydrogen-bond acceptors (Lipinski definition) is 10. The molecule has 24 heavy (non-hydrogen) atoms. The second-order valence-electron chi connectivity index (χ2n) is 5.48. The minimum absolute atomic E-state index is 0.164. The number of imidazole rings is 1. The molecule has 0 bridgehead atoms. The maximum Gasteiger partial charge on any atom is 0.472 e. The molecule has 4 heterocycles. The number of nitrogens with zero attached hydrogens (tertiary/aromatic N) is 4. The van der Waals surface area contributed by atoms with Gasteiger partial charge < -0.3 is 20.5 Å². The van der Waals surface area contributed by atoms with Crippen LogP contribution in [-0.4, -0.2) is 63.0 Å². The van der Waals surface area contributed by atoms with Gasteiger partial charge in [-0.25, -0.2) is 19.6 Å². The molecular weight excluding hydrogens is 345 g/mol. The van der Waals surface area contributed by atoms with Crippen LogP contribution in [0.1, 0.15) is 18.1 Å². The summed E-state index contributed by atoms with van der Waals surface area (Å²) < 4.78 is 28.4. The van der Waals surface area contributed by atoms with Crippen LogP contribution < -0.4 is 5.73 Å². The van der Waals surface area contributed by atoms with Crippen LogP contribution >= 0.6 is 7.82 Å². The number of aliphatic hydroxyl groups is 1. The van der Waals surface area contributed by atoms with Gasteiger partial charge in [-0.2, -0.15) is 0 Å². The van der Waals surface area contributed by atoms with E-state index in [2.05, 4.69) is 9.98 Å². The van der Waals surface area contributed by atoms with Gasteiger partial charge in [0.2, 0.25) is 0 Å². The first kappa shape index (κ1) is 16.1. The van der Waals surface area contributed by atoms with Crippen LogP contribution in [0.2, 0.25) is 0 Å². The van der Waals surface area contributed by atoms with Gasteiger partial charge in [0, 0.05) is 0 Å². The molecule has 3 aliphatic heterocycles. The summed E-state index contributed by atoms with van der Waals surface area (Å²) in [6.45, 7) is -0.164. The molecule has 132 valence electrons. The fourth-order valence-electron chi connectivity index (χ4n) is 2.93. The number of ether oxygens (including phenoxy) is 1. The van der Waals surface area contributed by atoms with Crippen molar-refractivity contribution < 1.29 is 33.2 Å². The van der Waals surface area contributed by atoms with Crippen LogP contribution in [0.3, 0.4) is 0 Å². The molecule has 1 aromatic heterocycles. The van der Waals surface area contributed by atoms with E-state index in [0.717, 1.165) is 0 Å². The zero-order valence-corrected chi connectivity index (χ0v) is 13.4. The summed E-state index contributed by atoms with van der Waals surface area (Å²) in [6, 6.07) is 0. The fourth-order valence-corrected chi connectivity index (χ4v) is 3.89. The number of aromatic nitrogens is 2. The monoisotopic (exact) mass is 361 g/mol. The molecule has 0 aromatic carbocycles. The molecule has 4 N–H and O–H groups in total. The van der Waals surface area contributed by atoms with Crippen molar-refractivity contribution in [1.29, 1.82) is 0 Å². The van der Waals surface area contributed by atoms with Crippen molar-refractivity contribution in [3.63, 3.8) is 0 Å². The number of nitrogens with two attached hydrogens (primary N) is 1.